The number of nitrogens with one attached hydrogen (secondary N) is 1. The molecule has 0 saturated heterocycles. The van der Waals surface area contributed by atoms with Crippen LogP contribution in [0.5, 0.6) is 0 Å². The number of rotatable bonds is 2. The van der Waals surface area contributed by atoms with E-state index in [1.54, 1.807) is 0 Å². The maximum absolute atomic E-state index is 12.1. The van der Waals surface area contributed by atoms with E-state index in [0.29, 0.717) is 0 Å². The summed E-state index contributed by atoms with van der Waals surface area (Å²) >= 11 is 1.45. The van der Waals surface area contributed by atoms with Crippen molar-refractivity contribution in [2.75, 3.05) is 0 Å². The number of fused-ring (bicyclic) bond motifs is 3. The first-order valence-corrected chi connectivity index (χ1v) is 6.76. The zero-order valence-electron chi connectivity index (χ0n) is 10.2. The second-order valence-corrected chi connectivity index (χ2v) is 5.39. The van der Waals surface area contributed by atoms with Gasteiger partial charge in [0, 0.05) is 6.20 Å². The van der Waals surface area contributed by atoms with E-state index in [0.717, 1.165) is 16.3 Å². The lowest BCUT2D eigenvalue weighted by Crippen LogP contribution is -2.30. The van der Waals surface area contributed by atoms with Crippen LogP contribution in [0.25, 0.3) is 5.69 Å². The SMILES string of the molecule is CC(C)OC1NC(=O)c2sccc2-n2cccc21. The van der Waals surface area contributed by atoms with Gasteiger partial charge in [-0.15, -0.1) is 11.3 Å². The van der Waals surface area contributed by atoms with Crippen LogP contribution in [0, 0.1) is 0 Å². The molecule has 18 heavy (non-hydrogen) atoms. The summed E-state index contributed by atoms with van der Waals surface area (Å²) in [5.41, 5.74) is 1.88. The van der Waals surface area contributed by atoms with E-state index in [-0.39, 0.29) is 12.0 Å². The largest absolute Gasteiger partial charge is 0.350 e. The van der Waals surface area contributed by atoms with Crippen LogP contribution in [-0.2, 0) is 4.74 Å². The van der Waals surface area contributed by atoms with Crippen LogP contribution in [0.4, 0.5) is 0 Å². The van der Waals surface area contributed by atoms with Crippen LogP contribution in [0.3, 0.4) is 0 Å². The van der Waals surface area contributed by atoms with Crippen molar-refractivity contribution in [3.8, 4) is 5.69 Å². The third kappa shape index (κ3) is 1.76. The van der Waals surface area contributed by atoms with Crippen molar-refractivity contribution in [3.05, 3.63) is 40.3 Å². The molecule has 3 rings (SSSR count). The Hall–Kier alpha value is -1.59. The number of ether oxygens (including phenoxy) is 1. The summed E-state index contributed by atoms with van der Waals surface area (Å²) in [5, 5.41) is 4.85. The van der Waals surface area contributed by atoms with Gasteiger partial charge in [-0.2, -0.15) is 0 Å². The molecule has 94 valence electrons. The fourth-order valence-electron chi connectivity index (χ4n) is 2.12. The highest BCUT2D eigenvalue weighted by molar-refractivity contribution is 7.12. The van der Waals surface area contributed by atoms with Crippen molar-refractivity contribution in [1.29, 1.82) is 0 Å². The number of hydrogen-bond acceptors (Lipinski definition) is 3. The molecular weight excluding hydrogens is 248 g/mol. The average Bonchev–Trinajstić information content (AvgIpc) is 2.94. The molecule has 0 bridgehead atoms. The van der Waals surface area contributed by atoms with Gasteiger partial charge in [-0.1, -0.05) is 0 Å². The van der Waals surface area contributed by atoms with Crippen molar-refractivity contribution >= 4 is 17.2 Å². The zero-order valence-corrected chi connectivity index (χ0v) is 11.0. The first-order valence-electron chi connectivity index (χ1n) is 5.88. The maximum Gasteiger partial charge on any atom is 0.265 e. The molecule has 2 aromatic rings. The normalized spacial score (nSPS) is 18.2. The number of carbonyl (C=O) groups excluding carboxylic acids is 1. The van der Waals surface area contributed by atoms with E-state index in [2.05, 4.69) is 5.32 Å². The predicted octanol–water partition coefficient (Wildman–Crippen LogP) is 2.71. The van der Waals surface area contributed by atoms with Crippen LogP contribution in [-0.4, -0.2) is 16.6 Å². The van der Waals surface area contributed by atoms with Gasteiger partial charge in [0.1, 0.15) is 4.88 Å². The summed E-state index contributed by atoms with van der Waals surface area (Å²) in [7, 11) is 0. The van der Waals surface area contributed by atoms with Crippen molar-refractivity contribution < 1.29 is 9.53 Å². The number of amides is 1. The molecule has 1 N–H and O–H groups in total. The fraction of sp³-hybridized carbons (Fsp3) is 0.308. The summed E-state index contributed by atoms with van der Waals surface area (Å²) in [6.07, 6.45) is 1.61. The van der Waals surface area contributed by atoms with E-state index in [9.17, 15) is 4.79 Å². The molecule has 5 heteroatoms. The Morgan fingerprint density at radius 3 is 3.06 bits per heavy atom. The number of carbonyl (C=O) groups is 1. The van der Waals surface area contributed by atoms with Crippen molar-refractivity contribution in [2.45, 2.75) is 26.2 Å². The number of thiophene rings is 1. The Kier molecular flexibility index (Phi) is 2.72. The van der Waals surface area contributed by atoms with Gasteiger partial charge in [-0.25, -0.2) is 0 Å². The van der Waals surface area contributed by atoms with Gasteiger partial charge in [0.05, 0.1) is 17.5 Å². The topological polar surface area (TPSA) is 43.3 Å². The Morgan fingerprint density at radius 1 is 1.44 bits per heavy atom. The summed E-state index contributed by atoms with van der Waals surface area (Å²) in [6.45, 7) is 3.92. The molecule has 1 unspecified atom stereocenters. The third-order valence-electron chi connectivity index (χ3n) is 2.83. The Bertz CT molecular complexity index is 585. The average molecular weight is 262 g/mol. The van der Waals surface area contributed by atoms with E-state index in [1.165, 1.54) is 11.3 Å². The molecule has 1 aliphatic rings. The molecule has 1 amide bonds. The van der Waals surface area contributed by atoms with Gasteiger partial charge in [-0.05, 0) is 37.4 Å². The molecule has 4 nitrogen and oxygen atoms in total. The van der Waals surface area contributed by atoms with E-state index in [4.69, 9.17) is 4.74 Å². The summed E-state index contributed by atoms with van der Waals surface area (Å²) in [4.78, 5) is 12.9. The Morgan fingerprint density at radius 2 is 2.28 bits per heavy atom. The van der Waals surface area contributed by atoms with Crippen molar-refractivity contribution in [1.82, 2.24) is 9.88 Å². The van der Waals surface area contributed by atoms with Crippen molar-refractivity contribution in [3.63, 3.8) is 0 Å². The lowest BCUT2D eigenvalue weighted by Gasteiger charge is -2.20. The molecule has 0 aromatic carbocycles. The van der Waals surface area contributed by atoms with E-state index < -0.39 is 6.23 Å². The van der Waals surface area contributed by atoms with Crippen LogP contribution in [0.2, 0.25) is 0 Å². The molecule has 2 aromatic heterocycles. The lowest BCUT2D eigenvalue weighted by molar-refractivity contribution is -0.0129. The van der Waals surface area contributed by atoms with Gasteiger partial charge in [-0.3, -0.25) is 4.79 Å². The highest BCUT2D eigenvalue weighted by atomic mass is 32.1. The third-order valence-corrected chi connectivity index (χ3v) is 3.73. The minimum atomic E-state index is -0.396. The highest BCUT2D eigenvalue weighted by Gasteiger charge is 2.28. The Labute approximate surface area is 109 Å². The minimum absolute atomic E-state index is 0.0507. The number of hydrogen-bond donors (Lipinski definition) is 1. The molecular formula is C13H14N2O2S. The van der Waals surface area contributed by atoms with Gasteiger partial charge in [0.15, 0.2) is 6.23 Å². The smallest absolute Gasteiger partial charge is 0.265 e. The summed E-state index contributed by atoms with van der Waals surface area (Å²) in [6, 6.07) is 5.89. The molecule has 0 fully saturated rings. The maximum atomic E-state index is 12.1. The zero-order chi connectivity index (χ0) is 12.7. The van der Waals surface area contributed by atoms with Crippen LogP contribution < -0.4 is 5.32 Å². The van der Waals surface area contributed by atoms with Crippen LogP contribution in [0.1, 0.15) is 35.4 Å². The minimum Gasteiger partial charge on any atom is -0.350 e. The van der Waals surface area contributed by atoms with E-state index in [1.807, 2.05) is 48.2 Å². The number of nitrogens with zero attached hydrogens (tertiary/aromatic N) is 1. The summed E-state index contributed by atoms with van der Waals surface area (Å²) < 4.78 is 7.79. The molecule has 1 aliphatic heterocycles. The molecule has 0 saturated carbocycles. The molecule has 1 atom stereocenters. The molecule has 0 spiro atoms. The molecule has 3 heterocycles. The van der Waals surface area contributed by atoms with Gasteiger partial charge in [0.25, 0.3) is 5.91 Å². The van der Waals surface area contributed by atoms with Crippen LogP contribution in [0.15, 0.2) is 29.8 Å². The predicted molar refractivity (Wildman–Crippen MR) is 70.1 cm³/mol. The Balaban J connectivity index is 2.11. The first kappa shape index (κ1) is 11.5. The number of aromatic nitrogens is 1. The monoisotopic (exact) mass is 262 g/mol. The standard InChI is InChI=1S/C13H14N2O2S/c1-8(2)17-13-10-4-3-6-15(10)9-5-7-18-11(9)12(16)14-13/h3-8,13H,1-2H3,(H,14,16). The van der Waals surface area contributed by atoms with Crippen LogP contribution >= 0.6 is 11.3 Å². The fourth-order valence-corrected chi connectivity index (χ4v) is 2.91. The van der Waals surface area contributed by atoms with Gasteiger partial charge in [0.2, 0.25) is 0 Å². The lowest BCUT2D eigenvalue weighted by atomic mass is 10.3. The van der Waals surface area contributed by atoms with Gasteiger partial charge < -0.3 is 14.6 Å². The second kappa shape index (κ2) is 4.26. The van der Waals surface area contributed by atoms with Gasteiger partial charge >= 0.3 is 0 Å². The van der Waals surface area contributed by atoms with E-state index >= 15 is 0 Å². The highest BCUT2D eigenvalue weighted by Crippen LogP contribution is 2.30. The quantitative estimate of drug-likeness (QED) is 0.904. The molecule has 0 radical (unpaired) electrons. The first-order chi connectivity index (χ1) is 8.66. The second-order valence-electron chi connectivity index (χ2n) is 4.48. The molecule has 0 aliphatic carbocycles. The summed E-state index contributed by atoms with van der Waals surface area (Å²) in [5.74, 6) is -0.0747. The van der Waals surface area contributed by atoms with Crippen molar-refractivity contribution in [2.24, 2.45) is 0 Å².